The first-order chi connectivity index (χ1) is 7.37. The summed E-state index contributed by atoms with van der Waals surface area (Å²) in [6.45, 7) is 10.4. The van der Waals surface area contributed by atoms with Crippen LogP contribution in [0.15, 0.2) is 12.4 Å². The lowest BCUT2D eigenvalue weighted by atomic mass is 10.1. The van der Waals surface area contributed by atoms with E-state index in [4.69, 9.17) is 4.74 Å². The molecule has 0 radical (unpaired) electrons. The minimum atomic E-state index is 0.169. The average Bonchev–Trinajstić information content (AvgIpc) is 2.57. The van der Waals surface area contributed by atoms with Crippen LogP contribution >= 0.6 is 0 Å². The second-order valence-electron chi connectivity index (χ2n) is 5.40. The zero-order chi connectivity index (χ0) is 12.2. The molecule has 1 rings (SSSR count). The van der Waals surface area contributed by atoms with Gasteiger partial charge in [-0.1, -0.05) is 6.92 Å². The fourth-order valence-electron chi connectivity index (χ4n) is 1.25. The SMILES string of the molecule is CC(CNC(C)(C)C)COc1cnn(C)c1. The number of rotatable bonds is 5. The number of ether oxygens (including phenoxy) is 1. The molecular weight excluding hydrogens is 202 g/mol. The summed E-state index contributed by atoms with van der Waals surface area (Å²) < 4.78 is 7.37. The zero-order valence-corrected chi connectivity index (χ0v) is 10.9. The van der Waals surface area contributed by atoms with Crippen LogP contribution in [-0.2, 0) is 7.05 Å². The predicted molar refractivity (Wildman–Crippen MR) is 65.6 cm³/mol. The molecule has 0 amide bonds. The minimum absolute atomic E-state index is 0.169. The molecule has 1 aromatic heterocycles. The van der Waals surface area contributed by atoms with Gasteiger partial charge in [0.05, 0.1) is 19.0 Å². The molecule has 0 spiro atoms. The molecule has 0 bridgehead atoms. The molecule has 92 valence electrons. The van der Waals surface area contributed by atoms with Crippen LogP contribution in [0.4, 0.5) is 0 Å². The summed E-state index contributed by atoms with van der Waals surface area (Å²) in [6, 6.07) is 0. The van der Waals surface area contributed by atoms with Crippen molar-refractivity contribution in [3.05, 3.63) is 12.4 Å². The summed E-state index contributed by atoms with van der Waals surface area (Å²) in [5, 5.41) is 7.52. The lowest BCUT2D eigenvalue weighted by Gasteiger charge is -2.23. The maximum absolute atomic E-state index is 5.63. The summed E-state index contributed by atoms with van der Waals surface area (Å²) in [5.41, 5.74) is 0.169. The summed E-state index contributed by atoms with van der Waals surface area (Å²) >= 11 is 0. The van der Waals surface area contributed by atoms with E-state index in [1.165, 1.54) is 0 Å². The highest BCUT2D eigenvalue weighted by Crippen LogP contribution is 2.09. The molecule has 1 heterocycles. The van der Waals surface area contributed by atoms with E-state index in [0.717, 1.165) is 18.9 Å². The van der Waals surface area contributed by atoms with Crippen molar-refractivity contribution in [2.45, 2.75) is 33.2 Å². The molecule has 0 saturated heterocycles. The van der Waals surface area contributed by atoms with Crippen LogP contribution in [-0.4, -0.2) is 28.5 Å². The van der Waals surface area contributed by atoms with Gasteiger partial charge in [-0.3, -0.25) is 4.68 Å². The Morgan fingerprint density at radius 1 is 1.50 bits per heavy atom. The standard InChI is InChI=1S/C12H23N3O/c1-10(6-13-12(2,3)4)9-16-11-7-14-15(5)8-11/h7-8,10,13H,6,9H2,1-5H3. The van der Waals surface area contributed by atoms with Crippen LogP contribution < -0.4 is 10.1 Å². The molecule has 1 N–H and O–H groups in total. The van der Waals surface area contributed by atoms with Crippen LogP contribution in [0, 0.1) is 5.92 Å². The molecule has 16 heavy (non-hydrogen) atoms. The van der Waals surface area contributed by atoms with Gasteiger partial charge in [0, 0.05) is 25.0 Å². The van der Waals surface area contributed by atoms with Gasteiger partial charge in [-0.05, 0) is 20.8 Å². The number of aromatic nitrogens is 2. The van der Waals surface area contributed by atoms with Crippen LogP contribution in [0.5, 0.6) is 5.75 Å². The first-order valence-electron chi connectivity index (χ1n) is 5.73. The fraction of sp³-hybridized carbons (Fsp3) is 0.750. The number of hydrogen-bond acceptors (Lipinski definition) is 3. The first kappa shape index (κ1) is 13.0. The second-order valence-corrected chi connectivity index (χ2v) is 5.40. The van der Waals surface area contributed by atoms with Crippen molar-refractivity contribution in [3.63, 3.8) is 0 Å². The highest BCUT2D eigenvalue weighted by Gasteiger charge is 2.11. The summed E-state index contributed by atoms with van der Waals surface area (Å²) in [4.78, 5) is 0. The molecule has 0 aliphatic rings. The molecule has 4 heteroatoms. The van der Waals surface area contributed by atoms with Crippen molar-refractivity contribution in [2.24, 2.45) is 13.0 Å². The number of aryl methyl sites for hydroxylation is 1. The normalized spacial score (nSPS) is 13.8. The van der Waals surface area contributed by atoms with Gasteiger partial charge < -0.3 is 10.1 Å². The van der Waals surface area contributed by atoms with Crippen LogP contribution in [0.3, 0.4) is 0 Å². The van der Waals surface area contributed by atoms with E-state index in [0.29, 0.717) is 5.92 Å². The van der Waals surface area contributed by atoms with Gasteiger partial charge in [0.25, 0.3) is 0 Å². The van der Waals surface area contributed by atoms with Crippen molar-refractivity contribution in [1.82, 2.24) is 15.1 Å². The Morgan fingerprint density at radius 3 is 2.69 bits per heavy atom. The van der Waals surface area contributed by atoms with Gasteiger partial charge >= 0.3 is 0 Å². The largest absolute Gasteiger partial charge is 0.490 e. The van der Waals surface area contributed by atoms with E-state index in [1.807, 2.05) is 13.2 Å². The van der Waals surface area contributed by atoms with Crippen LogP contribution in [0.2, 0.25) is 0 Å². The Balaban J connectivity index is 2.22. The van der Waals surface area contributed by atoms with Crippen molar-refractivity contribution >= 4 is 0 Å². The molecule has 4 nitrogen and oxygen atoms in total. The molecule has 0 fully saturated rings. The van der Waals surface area contributed by atoms with Gasteiger partial charge in [-0.15, -0.1) is 0 Å². The second kappa shape index (κ2) is 5.34. The third kappa shape index (κ3) is 5.16. The Hall–Kier alpha value is -1.03. The molecule has 1 atom stereocenters. The summed E-state index contributed by atoms with van der Waals surface area (Å²) in [6.07, 6.45) is 3.62. The summed E-state index contributed by atoms with van der Waals surface area (Å²) in [7, 11) is 1.89. The monoisotopic (exact) mass is 225 g/mol. The minimum Gasteiger partial charge on any atom is -0.490 e. The lowest BCUT2D eigenvalue weighted by molar-refractivity contribution is 0.244. The van der Waals surface area contributed by atoms with E-state index in [1.54, 1.807) is 10.9 Å². The fourth-order valence-corrected chi connectivity index (χ4v) is 1.25. The quantitative estimate of drug-likeness (QED) is 0.831. The molecule has 0 saturated carbocycles. The zero-order valence-electron chi connectivity index (χ0n) is 10.9. The van der Waals surface area contributed by atoms with Gasteiger partial charge in [-0.2, -0.15) is 5.10 Å². The topological polar surface area (TPSA) is 39.1 Å². The van der Waals surface area contributed by atoms with Gasteiger partial charge in [0.2, 0.25) is 0 Å². The van der Waals surface area contributed by atoms with Crippen molar-refractivity contribution in [1.29, 1.82) is 0 Å². The molecule has 1 unspecified atom stereocenters. The molecule has 0 aliphatic carbocycles. The van der Waals surface area contributed by atoms with E-state index >= 15 is 0 Å². The van der Waals surface area contributed by atoms with Crippen LogP contribution in [0.25, 0.3) is 0 Å². The van der Waals surface area contributed by atoms with E-state index in [2.05, 4.69) is 38.1 Å². The smallest absolute Gasteiger partial charge is 0.157 e. The average molecular weight is 225 g/mol. The Bertz CT molecular complexity index is 314. The maximum Gasteiger partial charge on any atom is 0.157 e. The number of nitrogens with zero attached hydrogens (tertiary/aromatic N) is 2. The highest BCUT2D eigenvalue weighted by molar-refractivity contribution is 5.11. The van der Waals surface area contributed by atoms with Crippen molar-refractivity contribution in [3.8, 4) is 5.75 Å². The molecule has 0 aromatic carbocycles. The van der Waals surface area contributed by atoms with E-state index in [9.17, 15) is 0 Å². The molecule has 0 aliphatic heterocycles. The highest BCUT2D eigenvalue weighted by atomic mass is 16.5. The van der Waals surface area contributed by atoms with Gasteiger partial charge in [0.15, 0.2) is 5.75 Å². The van der Waals surface area contributed by atoms with Gasteiger partial charge in [0.1, 0.15) is 0 Å². The molecule has 1 aromatic rings. The lowest BCUT2D eigenvalue weighted by Crippen LogP contribution is -2.39. The number of hydrogen-bond donors (Lipinski definition) is 1. The maximum atomic E-state index is 5.63. The summed E-state index contributed by atoms with van der Waals surface area (Å²) in [5.74, 6) is 1.32. The number of nitrogens with one attached hydrogen (secondary N) is 1. The van der Waals surface area contributed by atoms with Crippen molar-refractivity contribution in [2.75, 3.05) is 13.2 Å². The Kier molecular flexibility index (Phi) is 4.35. The first-order valence-corrected chi connectivity index (χ1v) is 5.73. The van der Waals surface area contributed by atoms with Crippen LogP contribution in [0.1, 0.15) is 27.7 Å². The third-order valence-corrected chi connectivity index (χ3v) is 2.20. The Morgan fingerprint density at radius 2 is 2.19 bits per heavy atom. The predicted octanol–water partition coefficient (Wildman–Crippen LogP) is 1.82. The third-order valence-electron chi connectivity index (χ3n) is 2.20. The van der Waals surface area contributed by atoms with E-state index < -0.39 is 0 Å². The Labute approximate surface area is 98.0 Å². The van der Waals surface area contributed by atoms with E-state index in [-0.39, 0.29) is 5.54 Å². The van der Waals surface area contributed by atoms with Crippen molar-refractivity contribution < 1.29 is 4.74 Å². The molecular formula is C12H23N3O. The van der Waals surface area contributed by atoms with Gasteiger partial charge in [-0.25, -0.2) is 0 Å².